The lowest BCUT2D eigenvalue weighted by molar-refractivity contribution is 0.0285. The highest BCUT2D eigenvalue weighted by Crippen LogP contribution is 2.13. The van der Waals surface area contributed by atoms with Crippen molar-refractivity contribution in [1.82, 2.24) is 0 Å². The van der Waals surface area contributed by atoms with E-state index in [9.17, 15) is 4.39 Å². The maximum absolute atomic E-state index is 9.50. The SMILES string of the molecule is CC.CC(C)OCC(C)(C)C.CF. The fourth-order valence-electron chi connectivity index (χ4n) is 0.417. The highest BCUT2D eigenvalue weighted by Gasteiger charge is 2.10. The number of rotatable bonds is 2. The van der Waals surface area contributed by atoms with Gasteiger partial charge in [0.05, 0.1) is 19.9 Å². The molecule has 13 heavy (non-hydrogen) atoms. The summed E-state index contributed by atoms with van der Waals surface area (Å²) >= 11 is 0. The highest BCUT2D eigenvalue weighted by molar-refractivity contribution is 4.59. The second-order valence-electron chi connectivity index (χ2n) is 3.92. The molecular weight excluding hydrogens is 167 g/mol. The molecule has 0 fully saturated rings. The van der Waals surface area contributed by atoms with Crippen LogP contribution in [0.25, 0.3) is 0 Å². The fourth-order valence-corrected chi connectivity index (χ4v) is 0.417. The van der Waals surface area contributed by atoms with Gasteiger partial charge in [-0.3, -0.25) is 4.39 Å². The molecule has 0 atom stereocenters. The van der Waals surface area contributed by atoms with Gasteiger partial charge in [-0.15, -0.1) is 0 Å². The van der Waals surface area contributed by atoms with Crippen molar-refractivity contribution in [2.75, 3.05) is 13.8 Å². The molecule has 0 spiro atoms. The summed E-state index contributed by atoms with van der Waals surface area (Å²) in [5, 5.41) is 0. The van der Waals surface area contributed by atoms with Crippen LogP contribution in [0.15, 0.2) is 0 Å². The predicted octanol–water partition coefficient (Wildman–Crippen LogP) is 4.07. The Bertz CT molecular complexity index is 74.6. The quantitative estimate of drug-likeness (QED) is 0.644. The Kier molecular flexibility index (Phi) is 17.0. The van der Waals surface area contributed by atoms with Crippen molar-refractivity contribution >= 4 is 0 Å². The predicted molar refractivity (Wildman–Crippen MR) is 58.9 cm³/mol. The summed E-state index contributed by atoms with van der Waals surface area (Å²) in [7, 11) is 0.500. The molecule has 0 bridgehead atoms. The molecule has 0 unspecified atom stereocenters. The summed E-state index contributed by atoms with van der Waals surface area (Å²) in [6.45, 7) is 15.5. The van der Waals surface area contributed by atoms with Crippen LogP contribution in [0.1, 0.15) is 48.5 Å². The summed E-state index contributed by atoms with van der Waals surface area (Å²) in [6, 6.07) is 0. The van der Waals surface area contributed by atoms with Crippen LogP contribution in [-0.4, -0.2) is 19.9 Å². The molecule has 0 aliphatic rings. The van der Waals surface area contributed by atoms with Crippen LogP contribution >= 0.6 is 0 Å². The van der Waals surface area contributed by atoms with E-state index in [1.807, 2.05) is 13.8 Å². The molecule has 0 aromatic rings. The summed E-state index contributed by atoms with van der Waals surface area (Å²) < 4.78 is 14.9. The standard InChI is InChI=1S/C8H18O.C2H6.CH3F/c1-7(2)9-6-8(3,4)5;2*1-2/h7H,6H2,1-5H3;1-2H3;1H3. The molecule has 0 heterocycles. The summed E-state index contributed by atoms with van der Waals surface area (Å²) in [4.78, 5) is 0. The van der Waals surface area contributed by atoms with Gasteiger partial charge < -0.3 is 4.74 Å². The van der Waals surface area contributed by atoms with Crippen molar-refractivity contribution < 1.29 is 9.13 Å². The van der Waals surface area contributed by atoms with Crippen molar-refractivity contribution in [1.29, 1.82) is 0 Å². The molecule has 2 heteroatoms. The zero-order valence-electron chi connectivity index (χ0n) is 10.6. The molecule has 0 aromatic heterocycles. The largest absolute Gasteiger partial charge is 0.378 e. The molecule has 0 radical (unpaired) electrons. The minimum absolute atomic E-state index is 0.310. The molecule has 0 rings (SSSR count). The van der Waals surface area contributed by atoms with Gasteiger partial charge in [-0.1, -0.05) is 34.6 Å². The Morgan fingerprint density at radius 2 is 1.38 bits per heavy atom. The van der Waals surface area contributed by atoms with Crippen molar-refractivity contribution in [3.8, 4) is 0 Å². The van der Waals surface area contributed by atoms with Crippen LogP contribution < -0.4 is 0 Å². The lowest BCUT2D eigenvalue weighted by atomic mass is 9.99. The number of hydrogen-bond acceptors (Lipinski definition) is 1. The first-order valence-corrected chi connectivity index (χ1v) is 4.91. The zero-order chi connectivity index (χ0) is 11.5. The molecule has 0 aliphatic heterocycles. The van der Waals surface area contributed by atoms with Crippen LogP contribution in [0.5, 0.6) is 0 Å². The Morgan fingerprint density at radius 1 is 1.08 bits per heavy atom. The smallest absolute Gasteiger partial charge is 0.0785 e. The fraction of sp³-hybridized carbons (Fsp3) is 1.00. The first-order chi connectivity index (χ1) is 5.92. The average molecular weight is 194 g/mol. The molecule has 0 N–H and O–H groups in total. The van der Waals surface area contributed by atoms with E-state index in [1.165, 1.54) is 0 Å². The molecule has 0 saturated heterocycles. The van der Waals surface area contributed by atoms with Gasteiger partial charge in [0.15, 0.2) is 0 Å². The Labute approximate surface area is 83.7 Å². The summed E-state index contributed by atoms with van der Waals surface area (Å²) in [5.41, 5.74) is 0.310. The minimum atomic E-state index is 0.310. The van der Waals surface area contributed by atoms with Gasteiger partial charge in [0.1, 0.15) is 0 Å². The van der Waals surface area contributed by atoms with E-state index in [-0.39, 0.29) is 0 Å². The number of halogens is 1. The van der Waals surface area contributed by atoms with E-state index in [0.29, 0.717) is 18.7 Å². The van der Waals surface area contributed by atoms with E-state index in [0.717, 1.165) is 6.61 Å². The molecule has 0 saturated carbocycles. The normalized spacial score (nSPS) is 9.69. The van der Waals surface area contributed by atoms with E-state index >= 15 is 0 Å². The maximum atomic E-state index is 9.50. The van der Waals surface area contributed by atoms with Gasteiger partial charge in [-0.05, 0) is 19.3 Å². The van der Waals surface area contributed by atoms with E-state index in [1.54, 1.807) is 0 Å². The lowest BCUT2D eigenvalue weighted by Gasteiger charge is -2.19. The number of hydrogen-bond donors (Lipinski definition) is 0. The van der Waals surface area contributed by atoms with Crippen LogP contribution in [0.2, 0.25) is 0 Å². The van der Waals surface area contributed by atoms with Crippen molar-refractivity contribution in [3.63, 3.8) is 0 Å². The Morgan fingerprint density at radius 3 is 1.46 bits per heavy atom. The van der Waals surface area contributed by atoms with Gasteiger partial charge in [0.2, 0.25) is 0 Å². The van der Waals surface area contributed by atoms with Gasteiger partial charge >= 0.3 is 0 Å². The molecule has 0 aliphatic carbocycles. The number of alkyl halides is 1. The highest BCUT2D eigenvalue weighted by atomic mass is 19.1. The number of ether oxygens (including phenoxy) is 1. The lowest BCUT2D eigenvalue weighted by Crippen LogP contribution is -2.17. The summed E-state index contributed by atoms with van der Waals surface area (Å²) in [5.74, 6) is 0. The van der Waals surface area contributed by atoms with Crippen LogP contribution in [0.4, 0.5) is 4.39 Å². The second kappa shape index (κ2) is 11.9. The first kappa shape index (κ1) is 18.6. The average Bonchev–Trinajstić information content (AvgIpc) is 2.07. The van der Waals surface area contributed by atoms with Gasteiger partial charge in [-0.25, -0.2) is 0 Å². The van der Waals surface area contributed by atoms with Crippen LogP contribution in [0.3, 0.4) is 0 Å². The van der Waals surface area contributed by atoms with E-state index in [2.05, 4.69) is 34.6 Å². The van der Waals surface area contributed by atoms with Crippen LogP contribution in [0, 0.1) is 5.41 Å². The molecule has 1 nitrogen and oxygen atoms in total. The van der Waals surface area contributed by atoms with Gasteiger partial charge in [0, 0.05) is 0 Å². The van der Waals surface area contributed by atoms with E-state index < -0.39 is 0 Å². The minimum Gasteiger partial charge on any atom is -0.378 e. The van der Waals surface area contributed by atoms with Crippen LogP contribution in [-0.2, 0) is 4.74 Å². The van der Waals surface area contributed by atoms with Crippen molar-refractivity contribution in [2.24, 2.45) is 5.41 Å². The molecular formula is C11H27FO. The van der Waals surface area contributed by atoms with Crippen molar-refractivity contribution in [3.05, 3.63) is 0 Å². The third-order valence-electron chi connectivity index (χ3n) is 0.850. The maximum Gasteiger partial charge on any atom is 0.0785 e. The van der Waals surface area contributed by atoms with E-state index in [4.69, 9.17) is 4.74 Å². The second-order valence-corrected chi connectivity index (χ2v) is 3.92. The van der Waals surface area contributed by atoms with Gasteiger partial charge in [0.25, 0.3) is 0 Å². The third kappa shape index (κ3) is 33.5. The molecule has 84 valence electrons. The van der Waals surface area contributed by atoms with Gasteiger partial charge in [-0.2, -0.15) is 0 Å². The monoisotopic (exact) mass is 194 g/mol. The first-order valence-electron chi connectivity index (χ1n) is 4.91. The topological polar surface area (TPSA) is 9.23 Å². The van der Waals surface area contributed by atoms with Crippen molar-refractivity contribution in [2.45, 2.75) is 54.6 Å². The Balaban J connectivity index is -0.000000218. The zero-order valence-corrected chi connectivity index (χ0v) is 10.6. The third-order valence-corrected chi connectivity index (χ3v) is 0.850. The summed E-state index contributed by atoms with van der Waals surface area (Å²) in [6.07, 6.45) is 0.365. The Hall–Kier alpha value is -0.110. The molecule has 0 amide bonds. The molecule has 0 aromatic carbocycles.